The van der Waals surface area contributed by atoms with Gasteiger partial charge in [-0.3, -0.25) is 9.69 Å². The van der Waals surface area contributed by atoms with Gasteiger partial charge in [0.2, 0.25) is 11.8 Å². The van der Waals surface area contributed by atoms with E-state index in [2.05, 4.69) is 40.5 Å². The van der Waals surface area contributed by atoms with Gasteiger partial charge in [0.15, 0.2) is 0 Å². The smallest absolute Gasteiger partial charge is 0.230 e. The fourth-order valence-corrected chi connectivity index (χ4v) is 4.74. The molecule has 0 spiro atoms. The molecule has 2 aromatic rings. The van der Waals surface area contributed by atoms with Crippen molar-refractivity contribution in [2.75, 3.05) is 31.6 Å². The molecular weight excluding hydrogens is 390 g/mol. The van der Waals surface area contributed by atoms with Crippen molar-refractivity contribution in [2.24, 2.45) is 0 Å². The molecule has 1 fully saturated rings. The second kappa shape index (κ2) is 10.4. The van der Waals surface area contributed by atoms with Crippen LogP contribution in [0.15, 0.2) is 33.6 Å². The van der Waals surface area contributed by atoms with Crippen LogP contribution in [-0.4, -0.2) is 53.5 Å². The molecule has 1 N–H and O–H groups in total. The fourth-order valence-electron chi connectivity index (χ4n) is 3.48. The van der Waals surface area contributed by atoms with Crippen LogP contribution >= 0.6 is 23.5 Å². The Morgan fingerprint density at radius 3 is 2.86 bits per heavy atom. The van der Waals surface area contributed by atoms with Crippen molar-refractivity contribution in [1.29, 1.82) is 0 Å². The molecule has 1 amide bonds. The van der Waals surface area contributed by atoms with Gasteiger partial charge >= 0.3 is 0 Å². The maximum absolute atomic E-state index is 12.2. The first-order valence-corrected chi connectivity index (χ1v) is 12.2. The summed E-state index contributed by atoms with van der Waals surface area (Å²) >= 11 is 3.29. The summed E-state index contributed by atoms with van der Waals surface area (Å²) in [5.74, 6) is 2.69. The van der Waals surface area contributed by atoms with Gasteiger partial charge in [0.05, 0.1) is 11.4 Å². The van der Waals surface area contributed by atoms with E-state index in [1.807, 2.05) is 19.1 Å². The number of aryl methyl sites for hydroxylation is 1. The van der Waals surface area contributed by atoms with Gasteiger partial charge in [-0.05, 0) is 63.4 Å². The number of likely N-dealkylation sites (N-methyl/N-ethyl adjacent to an activating group) is 1. The first-order valence-electron chi connectivity index (χ1n) is 9.80. The second-order valence-electron chi connectivity index (χ2n) is 6.97. The van der Waals surface area contributed by atoms with Gasteiger partial charge in [-0.1, -0.05) is 6.92 Å². The summed E-state index contributed by atoms with van der Waals surface area (Å²) in [7, 11) is 0. The highest BCUT2D eigenvalue weighted by Gasteiger charge is 2.23. The lowest BCUT2D eigenvalue weighted by molar-refractivity contribution is -0.118. The molecule has 0 saturated carbocycles. The Kier molecular flexibility index (Phi) is 7.88. The number of amides is 1. The number of nitrogens with one attached hydrogen (secondary N) is 1. The van der Waals surface area contributed by atoms with E-state index in [1.165, 1.54) is 17.7 Å². The zero-order valence-electron chi connectivity index (χ0n) is 16.9. The van der Waals surface area contributed by atoms with E-state index in [1.54, 1.807) is 23.5 Å². The molecule has 1 atom stereocenters. The molecule has 3 rings (SSSR count). The van der Waals surface area contributed by atoms with Crippen LogP contribution in [0.3, 0.4) is 0 Å². The van der Waals surface area contributed by atoms with Crippen LogP contribution in [0.25, 0.3) is 11.5 Å². The third kappa shape index (κ3) is 5.55. The number of hydrogen-bond donors (Lipinski definition) is 1. The third-order valence-electron chi connectivity index (χ3n) is 5.14. The van der Waals surface area contributed by atoms with Crippen LogP contribution in [0, 0.1) is 6.92 Å². The summed E-state index contributed by atoms with van der Waals surface area (Å²) in [5, 5.41) is 3.08. The average Bonchev–Trinajstić information content (AvgIpc) is 3.32. The molecule has 7 heteroatoms. The lowest BCUT2D eigenvalue weighted by atomic mass is 10.2. The van der Waals surface area contributed by atoms with Crippen molar-refractivity contribution in [3.05, 3.63) is 35.7 Å². The predicted molar refractivity (Wildman–Crippen MR) is 118 cm³/mol. The fraction of sp³-hybridized carbons (Fsp3) is 0.524. The Morgan fingerprint density at radius 2 is 2.14 bits per heavy atom. The van der Waals surface area contributed by atoms with Crippen LogP contribution in [0.4, 0.5) is 0 Å². The molecular formula is C21H29N3O2S2. The lowest BCUT2D eigenvalue weighted by Gasteiger charge is -2.22. The summed E-state index contributed by atoms with van der Waals surface area (Å²) < 4.78 is 5.83. The predicted octanol–water partition coefficient (Wildman–Crippen LogP) is 4.21. The third-order valence-corrected chi connectivity index (χ3v) is 6.83. The van der Waals surface area contributed by atoms with Gasteiger partial charge in [0.1, 0.15) is 5.76 Å². The molecule has 1 aliphatic rings. The molecule has 0 unspecified atom stereocenters. The summed E-state index contributed by atoms with van der Waals surface area (Å²) in [6.45, 7) is 7.08. The largest absolute Gasteiger partial charge is 0.441 e. The molecule has 0 aliphatic carbocycles. The molecule has 152 valence electrons. The van der Waals surface area contributed by atoms with E-state index in [4.69, 9.17) is 4.42 Å². The van der Waals surface area contributed by atoms with Crippen LogP contribution in [0.5, 0.6) is 0 Å². The Bertz CT molecular complexity index is 776. The van der Waals surface area contributed by atoms with Crippen molar-refractivity contribution in [2.45, 2.75) is 43.4 Å². The Labute approximate surface area is 176 Å². The number of oxazole rings is 1. The summed E-state index contributed by atoms with van der Waals surface area (Å²) in [4.78, 5) is 20.5. The molecule has 2 heterocycles. The number of hydrogen-bond acceptors (Lipinski definition) is 6. The van der Waals surface area contributed by atoms with Gasteiger partial charge in [-0.2, -0.15) is 0 Å². The van der Waals surface area contributed by atoms with Crippen molar-refractivity contribution in [3.63, 3.8) is 0 Å². The van der Waals surface area contributed by atoms with Gasteiger partial charge in [-0.25, -0.2) is 4.98 Å². The SMILES string of the molecule is CCN1CCC[C@H]1CNC(=O)CSCc1nc(-c2ccc(SC)cc2)oc1C. The van der Waals surface area contributed by atoms with E-state index in [0.29, 0.717) is 23.4 Å². The number of nitrogens with zero attached hydrogens (tertiary/aromatic N) is 2. The van der Waals surface area contributed by atoms with Crippen LogP contribution in [-0.2, 0) is 10.5 Å². The molecule has 0 bridgehead atoms. The highest BCUT2D eigenvalue weighted by Crippen LogP contribution is 2.26. The Hall–Kier alpha value is -1.44. The van der Waals surface area contributed by atoms with E-state index < -0.39 is 0 Å². The first-order chi connectivity index (χ1) is 13.6. The van der Waals surface area contributed by atoms with Crippen molar-refractivity contribution >= 4 is 29.4 Å². The number of thioether (sulfide) groups is 2. The van der Waals surface area contributed by atoms with E-state index in [-0.39, 0.29) is 5.91 Å². The van der Waals surface area contributed by atoms with Crippen molar-refractivity contribution in [1.82, 2.24) is 15.2 Å². The average molecular weight is 420 g/mol. The number of carbonyl (C=O) groups excluding carboxylic acids is 1. The monoisotopic (exact) mass is 419 g/mol. The highest BCUT2D eigenvalue weighted by molar-refractivity contribution is 7.99. The number of rotatable bonds is 9. The minimum atomic E-state index is 0.0991. The molecule has 1 aliphatic heterocycles. The van der Waals surface area contributed by atoms with Gasteiger partial charge < -0.3 is 9.73 Å². The summed E-state index contributed by atoms with van der Waals surface area (Å²) in [5.41, 5.74) is 1.89. The molecule has 5 nitrogen and oxygen atoms in total. The van der Waals surface area contributed by atoms with Crippen LogP contribution < -0.4 is 5.32 Å². The number of likely N-dealkylation sites (tertiary alicyclic amines) is 1. The van der Waals surface area contributed by atoms with Gasteiger partial charge in [-0.15, -0.1) is 23.5 Å². The lowest BCUT2D eigenvalue weighted by Crippen LogP contribution is -2.40. The first kappa shape index (κ1) is 21.3. The summed E-state index contributed by atoms with van der Waals surface area (Å²) in [6.07, 6.45) is 4.47. The molecule has 0 radical (unpaired) electrons. The highest BCUT2D eigenvalue weighted by atomic mass is 32.2. The van der Waals surface area contributed by atoms with E-state index >= 15 is 0 Å². The second-order valence-corrected chi connectivity index (χ2v) is 8.84. The van der Waals surface area contributed by atoms with E-state index in [9.17, 15) is 4.79 Å². The number of aromatic nitrogens is 1. The standard InChI is InChI=1S/C21H29N3O2S2/c1-4-24-11-5-6-17(24)12-22-20(25)14-28-13-19-15(2)26-21(23-19)16-7-9-18(27-3)10-8-16/h7-10,17H,4-6,11-14H2,1-3H3,(H,22,25)/t17-/m0/s1. The minimum Gasteiger partial charge on any atom is -0.441 e. The van der Waals surface area contributed by atoms with Crippen molar-refractivity contribution < 1.29 is 9.21 Å². The normalized spacial score (nSPS) is 17.2. The molecule has 28 heavy (non-hydrogen) atoms. The van der Waals surface area contributed by atoms with E-state index in [0.717, 1.165) is 36.7 Å². The molecule has 1 aromatic carbocycles. The minimum absolute atomic E-state index is 0.0991. The maximum atomic E-state index is 12.2. The zero-order valence-corrected chi connectivity index (χ0v) is 18.5. The summed E-state index contributed by atoms with van der Waals surface area (Å²) in [6, 6.07) is 8.70. The molecule has 1 aromatic heterocycles. The van der Waals surface area contributed by atoms with Crippen molar-refractivity contribution in [3.8, 4) is 11.5 Å². The number of carbonyl (C=O) groups is 1. The maximum Gasteiger partial charge on any atom is 0.230 e. The van der Waals surface area contributed by atoms with Crippen LogP contribution in [0.1, 0.15) is 31.2 Å². The topological polar surface area (TPSA) is 58.4 Å². The van der Waals surface area contributed by atoms with Gasteiger partial charge in [0, 0.05) is 28.8 Å². The molecule has 1 saturated heterocycles. The Balaban J connectivity index is 1.45. The van der Waals surface area contributed by atoms with Crippen LogP contribution in [0.2, 0.25) is 0 Å². The Morgan fingerprint density at radius 1 is 1.36 bits per heavy atom. The van der Waals surface area contributed by atoms with Gasteiger partial charge in [0.25, 0.3) is 0 Å². The quantitative estimate of drug-likeness (QED) is 0.615. The number of benzene rings is 1. The zero-order chi connectivity index (χ0) is 19.9.